The van der Waals surface area contributed by atoms with Crippen LogP contribution >= 0.6 is 0 Å². The Labute approximate surface area is 126 Å². The van der Waals surface area contributed by atoms with Gasteiger partial charge in [-0.05, 0) is 46.1 Å². The zero-order valence-electron chi connectivity index (χ0n) is 13.3. The molecule has 1 unspecified atom stereocenters. The van der Waals surface area contributed by atoms with E-state index < -0.39 is 11.2 Å². The standard InChI is InChI=1S/C17H25NO3/c1-13-7-5-8-14(11-13)17(20)9-6-10-18(12-17)15(19)21-16(2,3)4/h5,7-8,11,20H,6,9-10,12H2,1-4H3. The number of aryl methyl sites for hydroxylation is 1. The first-order chi connectivity index (χ1) is 9.70. The van der Waals surface area contributed by atoms with Crippen molar-refractivity contribution in [3.05, 3.63) is 35.4 Å². The van der Waals surface area contributed by atoms with Crippen LogP contribution in [0.1, 0.15) is 44.7 Å². The molecule has 4 nitrogen and oxygen atoms in total. The van der Waals surface area contributed by atoms with E-state index in [2.05, 4.69) is 0 Å². The topological polar surface area (TPSA) is 49.8 Å². The molecule has 0 radical (unpaired) electrons. The molecule has 1 aliphatic rings. The highest BCUT2D eigenvalue weighted by Gasteiger charge is 2.38. The lowest BCUT2D eigenvalue weighted by molar-refractivity contribution is -0.0465. The first-order valence-electron chi connectivity index (χ1n) is 7.47. The van der Waals surface area contributed by atoms with Crippen LogP contribution in [0.3, 0.4) is 0 Å². The van der Waals surface area contributed by atoms with E-state index in [9.17, 15) is 9.90 Å². The number of carbonyl (C=O) groups excluding carboxylic acids is 1. The molecule has 1 amide bonds. The maximum absolute atomic E-state index is 12.2. The van der Waals surface area contributed by atoms with Gasteiger partial charge in [0.2, 0.25) is 0 Å². The Balaban J connectivity index is 2.15. The molecule has 0 aromatic heterocycles. The molecular weight excluding hydrogens is 266 g/mol. The summed E-state index contributed by atoms with van der Waals surface area (Å²) in [5.41, 5.74) is 0.475. The van der Waals surface area contributed by atoms with Gasteiger partial charge in [-0.15, -0.1) is 0 Å². The van der Waals surface area contributed by atoms with Gasteiger partial charge in [0.05, 0.1) is 6.54 Å². The molecule has 1 fully saturated rings. The minimum atomic E-state index is -0.985. The van der Waals surface area contributed by atoms with E-state index in [-0.39, 0.29) is 12.6 Å². The van der Waals surface area contributed by atoms with Crippen LogP contribution in [0.2, 0.25) is 0 Å². The molecule has 116 valence electrons. The average molecular weight is 291 g/mol. The van der Waals surface area contributed by atoms with E-state index >= 15 is 0 Å². The average Bonchev–Trinajstić information content (AvgIpc) is 2.37. The van der Waals surface area contributed by atoms with Crippen LogP contribution in [0.4, 0.5) is 4.79 Å². The van der Waals surface area contributed by atoms with Crippen molar-refractivity contribution >= 4 is 6.09 Å². The highest BCUT2D eigenvalue weighted by molar-refractivity contribution is 5.68. The first kappa shape index (κ1) is 15.8. The van der Waals surface area contributed by atoms with E-state index in [4.69, 9.17) is 4.74 Å². The van der Waals surface area contributed by atoms with Gasteiger partial charge in [0, 0.05) is 6.54 Å². The van der Waals surface area contributed by atoms with Crippen molar-refractivity contribution in [1.82, 2.24) is 4.90 Å². The molecular formula is C17H25NO3. The van der Waals surface area contributed by atoms with Gasteiger partial charge in [-0.25, -0.2) is 4.79 Å². The molecule has 1 aromatic rings. The summed E-state index contributed by atoms with van der Waals surface area (Å²) in [6.45, 7) is 8.46. The van der Waals surface area contributed by atoms with Crippen LogP contribution in [0.25, 0.3) is 0 Å². The maximum Gasteiger partial charge on any atom is 0.410 e. The van der Waals surface area contributed by atoms with Crippen molar-refractivity contribution in [2.45, 2.75) is 51.7 Å². The lowest BCUT2D eigenvalue weighted by atomic mass is 9.85. The number of hydrogen-bond acceptors (Lipinski definition) is 3. The van der Waals surface area contributed by atoms with E-state index in [0.717, 1.165) is 17.5 Å². The minimum absolute atomic E-state index is 0.283. The molecule has 1 aromatic carbocycles. The van der Waals surface area contributed by atoms with Crippen molar-refractivity contribution in [3.8, 4) is 0 Å². The van der Waals surface area contributed by atoms with Gasteiger partial charge in [-0.1, -0.05) is 29.8 Å². The van der Waals surface area contributed by atoms with Crippen LogP contribution in [0.5, 0.6) is 0 Å². The molecule has 1 saturated heterocycles. The summed E-state index contributed by atoms with van der Waals surface area (Å²) < 4.78 is 5.41. The summed E-state index contributed by atoms with van der Waals surface area (Å²) in [5, 5.41) is 10.9. The van der Waals surface area contributed by atoms with E-state index in [1.165, 1.54) is 0 Å². The van der Waals surface area contributed by atoms with Gasteiger partial charge in [0.25, 0.3) is 0 Å². The quantitative estimate of drug-likeness (QED) is 0.864. The Kier molecular flexibility index (Phi) is 4.28. The minimum Gasteiger partial charge on any atom is -0.444 e. The molecule has 4 heteroatoms. The second-order valence-electron chi connectivity index (χ2n) is 6.91. The predicted molar refractivity (Wildman–Crippen MR) is 82.1 cm³/mol. The number of piperidine rings is 1. The highest BCUT2D eigenvalue weighted by Crippen LogP contribution is 2.32. The zero-order chi connectivity index (χ0) is 15.7. The second-order valence-corrected chi connectivity index (χ2v) is 6.91. The number of rotatable bonds is 1. The van der Waals surface area contributed by atoms with Crippen LogP contribution in [-0.4, -0.2) is 34.8 Å². The number of β-amino-alcohol motifs (C(OH)–C–C–N with tert-alkyl or cyclic N) is 1. The lowest BCUT2D eigenvalue weighted by Gasteiger charge is -2.40. The lowest BCUT2D eigenvalue weighted by Crippen LogP contribution is -2.49. The highest BCUT2D eigenvalue weighted by atomic mass is 16.6. The van der Waals surface area contributed by atoms with Crippen molar-refractivity contribution in [1.29, 1.82) is 0 Å². The number of carbonyl (C=O) groups is 1. The third-order valence-electron chi connectivity index (χ3n) is 3.68. The molecule has 1 atom stereocenters. The first-order valence-corrected chi connectivity index (χ1v) is 7.47. The number of likely N-dealkylation sites (tertiary alicyclic amines) is 1. The maximum atomic E-state index is 12.2. The number of ether oxygens (including phenoxy) is 1. The van der Waals surface area contributed by atoms with Crippen LogP contribution in [-0.2, 0) is 10.3 Å². The van der Waals surface area contributed by atoms with E-state index in [1.807, 2.05) is 52.0 Å². The van der Waals surface area contributed by atoms with Crippen molar-refractivity contribution in [3.63, 3.8) is 0 Å². The molecule has 21 heavy (non-hydrogen) atoms. The third kappa shape index (κ3) is 3.97. The summed E-state index contributed by atoms with van der Waals surface area (Å²) in [6.07, 6.45) is 1.08. The molecule has 0 saturated carbocycles. The molecule has 2 rings (SSSR count). The second kappa shape index (κ2) is 5.68. The Morgan fingerprint density at radius 3 is 2.71 bits per heavy atom. The molecule has 0 bridgehead atoms. The Hall–Kier alpha value is -1.55. The van der Waals surface area contributed by atoms with Crippen LogP contribution < -0.4 is 0 Å². The SMILES string of the molecule is Cc1cccc(C2(O)CCCN(C(=O)OC(C)(C)C)C2)c1. The Bertz CT molecular complexity index is 521. The molecule has 1 heterocycles. The van der Waals surface area contributed by atoms with Gasteiger partial charge >= 0.3 is 6.09 Å². The predicted octanol–water partition coefficient (Wildman–Crippen LogP) is 3.21. The molecule has 1 aliphatic heterocycles. The van der Waals surface area contributed by atoms with Gasteiger partial charge in [-0.3, -0.25) is 0 Å². The van der Waals surface area contributed by atoms with Crippen molar-refractivity contribution in [2.24, 2.45) is 0 Å². The normalized spacial score (nSPS) is 23.0. The fraction of sp³-hybridized carbons (Fsp3) is 0.588. The monoisotopic (exact) mass is 291 g/mol. The van der Waals surface area contributed by atoms with E-state index in [0.29, 0.717) is 13.0 Å². The fourth-order valence-corrected chi connectivity index (χ4v) is 2.69. The molecule has 1 N–H and O–H groups in total. The fourth-order valence-electron chi connectivity index (χ4n) is 2.69. The van der Waals surface area contributed by atoms with Gasteiger partial charge in [0.1, 0.15) is 11.2 Å². The Morgan fingerprint density at radius 1 is 1.38 bits per heavy atom. The number of hydrogen-bond donors (Lipinski definition) is 1. The summed E-state index contributed by atoms with van der Waals surface area (Å²) in [4.78, 5) is 13.8. The summed E-state index contributed by atoms with van der Waals surface area (Å²) >= 11 is 0. The summed E-state index contributed by atoms with van der Waals surface area (Å²) in [6, 6.07) is 7.85. The molecule has 0 spiro atoms. The van der Waals surface area contributed by atoms with Gasteiger partial charge < -0.3 is 14.7 Å². The van der Waals surface area contributed by atoms with Crippen LogP contribution in [0, 0.1) is 6.92 Å². The largest absolute Gasteiger partial charge is 0.444 e. The number of benzene rings is 1. The Morgan fingerprint density at radius 2 is 2.10 bits per heavy atom. The summed E-state index contributed by atoms with van der Waals surface area (Å²) in [7, 11) is 0. The number of aliphatic hydroxyl groups is 1. The van der Waals surface area contributed by atoms with E-state index in [1.54, 1.807) is 4.90 Å². The van der Waals surface area contributed by atoms with Crippen LogP contribution in [0.15, 0.2) is 24.3 Å². The van der Waals surface area contributed by atoms with Gasteiger partial charge in [0.15, 0.2) is 0 Å². The number of amides is 1. The zero-order valence-corrected chi connectivity index (χ0v) is 13.3. The third-order valence-corrected chi connectivity index (χ3v) is 3.68. The smallest absolute Gasteiger partial charge is 0.410 e. The summed E-state index contributed by atoms with van der Waals surface area (Å²) in [5.74, 6) is 0. The number of nitrogens with zero attached hydrogens (tertiary/aromatic N) is 1. The van der Waals surface area contributed by atoms with Gasteiger partial charge in [-0.2, -0.15) is 0 Å². The molecule has 0 aliphatic carbocycles. The van der Waals surface area contributed by atoms with Crippen molar-refractivity contribution in [2.75, 3.05) is 13.1 Å². The van der Waals surface area contributed by atoms with Crippen molar-refractivity contribution < 1.29 is 14.6 Å².